The van der Waals surface area contributed by atoms with Gasteiger partial charge in [-0.05, 0) is 25.0 Å². The highest BCUT2D eigenvalue weighted by Gasteiger charge is 2.33. The van der Waals surface area contributed by atoms with Crippen LogP contribution < -0.4 is 4.74 Å². The predicted molar refractivity (Wildman–Crippen MR) is 70.1 cm³/mol. The van der Waals surface area contributed by atoms with Crippen molar-refractivity contribution >= 4 is 10.0 Å². The van der Waals surface area contributed by atoms with Crippen LogP contribution in [0.15, 0.2) is 29.2 Å². The summed E-state index contributed by atoms with van der Waals surface area (Å²) in [6, 6.07) is 6.83. The SMILES string of the molecule is CC(C)CN1CC(C)Oc2ccccc2S1(=O)=O. The van der Waals surface area contributed by atoms with Crippen molar-refractivity contribution in [3.63, 3.8) is 0 Å². The first-order chi connectivity index (χ1) is 8.41. The molecule has 18 heavy (non-hydrogen) atoms. The van der Waals surface area contributed by atoms with Gasteiger partial charge in [0.25, 0.3) is 0 Å². The van der Waals surface area contributed by atoms with Crippen molar-refractivity contribution in [2.24, 2.45) is 5.92 Å². The van der Waals surface area contributed by atoms with Crippen molar-refractivity contribution in [3.05, 3.63) is 24.3 Å². The molecule has 1 aromatic carbocycles. The van der Waals surface area contributed by atoms with Crippen LogP contribution in [0.5, 0.6) is 5.75 Å². The maximum atomic E-state index is 12.6. The smallest absolute Gasteiger partial charge is 0.246 e. The lowest BCUT2D eigenvalue weighted by molar-refractivity contribution is 0.187. The van der Waals surface area contributed by atoms with E-state index in [9.17, 15) is 8.42 Å². The minimum atomic E-state index is -3.44. The zero-order valence-corrected chi connectivity index (χ0v) is 11.8. The summed E-state index contributed by atoms with van der Waals surface area (Å²) in [7, 11) is -3.44. The van der Waals surface area contributed by atoms with E-state index in [1.54, 1.807) is 24.3 Å². The van der Waals surface area contributed by atoms with E-state index in [1.807, 2.05) is 20.8 Å². The number of fused-ring (bicyclic) bond motifs is 1. The molecule has 0 bridgehead atoms. The molecule has 0 spiro atoms. The molecule has 1 aromatic rings. The Labute approximate surface area is 109 Å². The van der Waals surface area contributed by atoms with Crippen LogP contribution >= 0.6 is 0 Å². The predicted octanol–water partition coefficient (Wildman–Crippen LogP) is 2.11. The molecular weight excluding hydrogens is 250 g/mol. The Kier molecular flexibility index (Phi) is 3.64. The maximum absolute atomic E-state index is 12.6. The van der Waals surface area contributed by atoms with Gasteiger partial charge >= 0.3 is 0 Å². The first-order valence-electron chi connectivity index (χ1n) is 6.17. The second kappa shape index (κ2) is 4.90. The number of sulfonamides is 1. The van der Waals surface area contributed by atoms with E-state index in [0.717, 1.165) is 0 Å². The van der Waals surface area contributed by atoms with Crippen LogP contribution in [0.25, 0.3) is 0 Å². The molecule has 4 nitrogen and oxygen atoms in total. The Morgan fingerprint density at radius 2 is 2.06 bits per heavy atom. The van der Waals surface area contributed by atoms with Gasteiger partial charge in [0, 0.05) is 6.54 Å². The molecule has 0 N–H and O–H groups in total. The van der Waals surface area contributed by atoms with Crippen molar-refractivity contribution in [2.75, 3.05) is 13.1 Å². The fraction of sp³-hybridized carbons (Fsp3) is 0.538. The van der Waals surface area contributed by atoms with Crippen LogP contribution in [0.4, 0.5) is 0 Å². The van der Waals surface area contributed by atoms with Gasteiger partial charge in [0.1, 0.15) is 16.7 Å². The molecule has 0 saturated carbocycles. The normalized spacial score (nSPS) is 23.2. The van der Waals surface area contributed by atoms with Crippen LogP contribution in [0, 0.1) is 5.92 Å². The van der Waals surface area contributed by atoms with E-state index in [1.165, 1.54) is 4.31 Å². The molecule has 0 saturated heterocycles. The number of hydrogen-bond acceptors (Lipinski definition) is 3. The number of ether oxygens (including phenoxy) is 1. The van der Waals surface area contributed by atoms with Crippen LogP contribution in [0.3, 0.4) is 0 Å². The molecule has 0 radical (unpaired) electrons. The zero-order valence-electron chi connectivity index (χ0n) is 11.0. The van der Waals surface area contributed by atoms with E-state index < -0.39 is 10.0 Å². The summed E-state index contributed by atoms with van der Waals surface area (Å²) in [4.78, 5) is 0.273. The second-order valence-corrected chi connectivity index (χ2v) is 7.00. The van der Waals surface area contributed by atoms with Crippen LogP contribution in [0.2, 0.25) is 0 Å². The molecule has 100 valence electrons. The fourth-order valence-corrected chi connectivity index (χ4v) is 3.92. The summed E-state index contributed by atoms with van der Waals surface area (Å²) in [6.07, 6.45) is -0.137. The maximum Gasteiger partial charge on any atom is 0.246 e. The van der Waals surface area contributed by atoms with Gasteiger partial charge in [-0.15, -0.1) is 0 Å². The topological polar surface area (TPSA) is 46.6 Å². The van der Waals surface area contributed by atoms with Gasteiger partial charge in [0.15, 0.2) is 0 Å². The Hall–Kier alpha value is -1.07. The Balaban J connectivity index is 2.48. The minimum absolute atomic E-state index is 0.137. The molecular formula is C13H19NO3S. The highest BCUT2D eigenvalue weighted by atomic mass is 32.2. The lowest BCUT2D eigenvalue weighted by Crippen LogP contribution is -2.38. The Bertz CT molecular complexity index is 525. The van der Waals surface area contributed by atoms with Crippen molar-refractivity contribution < 1.29 is 13.2 Å². The lowest BCUT2D eigenvalue weighted by Gasteiger charge is -2.22. The van der Waals surface area contributed by atoms with Gasteiger partial charge < -0.3 is 4.74 Å². The van der Waals surface area contributed by atoms with Gasteiger partial charge in [-0.1, -0.05) is 26.0 Å². The molecule has 2 rings (SSSR count). The molecule has 0 aliphatic carbocycles. The van der Waals surface area contributed by atoms with E-state index in [4.69, 9.17) is 4.74 Å². The molecule has 1 unspecified atom stereocenters. The molecule has 0 aromatic heterocycles. The largest absolute Gasteiger partial charge is 0.488 e. The third kappa shape index (κ3) is 2.52. The van der Waals surface area contributed by atoms with Crippen molar-refractivity contribution in [2.45, 2.75) is 31.8 Å². The number of rotatable bonds is 2. The summed E-state index contributed by atoms with van der Waals surface area (Å²) < 4.78 is 32.3. The van der Waals surface area contributed by atoms with E-state index in [0.29, 0.717) is 18.8 Å². The average Bonchev–Trinajstić information content (AvgIpc) is 2.35. The number of nitrogens with zero attached hydrogens (tertiary/aromatic N) is 1. The average molecular weight is 269 g/mol. The van der Waals surface area contributed by atoms with Crippen molar-refractivity contribution in [1.82, 2.24) is 4.31 Å². The highest BCUT2D eigenvalue weighted by Crippen LogP contribution is 2.30. The molecule has 1 atom stereocenters. The van der Waals surface area contributed by atoms with Gasteiger partial charge in [-0.25, -0.2) is 8.42 Å². The van der Waals surface area contributed by atoms with Crippen LogP contribution in [-0.4, -0.2) is 31.9 Å². The van der Waals surface area contributed by atoms with Gasteiger partial charge in [-0.3, -0.25) is 0 Å². The second-order valence-electron chi connectivity index (χ2n) is 5.09. The summed E-state index contributed by atoms with van der Waals surface area (Å²) in [5.74, 6) is 0.744. The van der Waals surface area contributed by atoms with Crippen LogP contribution in [-0.2, 0) is 10.0 Å². The van der Waals surface area contributed by atoms with E-state index in [-0.39, 0.29) is 16.9 Å². The summed E-state index contributed by atoms with van der Waals surface area (Å²) >= 11 is 0. The van der Waals surface area contributed by atoms with E-state index >= 15 is 0 Å². The first kappa shape index (κ1) is 13.4. The van der Waals surface area contributed by atoms with Gasteiger partial charge in [0.05, 0.1) is 6.54 Å². The Morgan fingerprint density at radius 3 is 2.72 bits per heavy atom. The fourth-order valence-electron chi connectivity index (χ4n) is 2.12. The van der Waals surface area contributed by atoms with Gasteiger partial charge in [-0.2, -0.15) is 4.31 Å². The summed E-state index contributed by atoms with van der Waals surface area (Å²) in [6.45, 7) is 6.83. The molecule has 1 heterocycles. The van der Waals surface area contributed by atoms with Crippen molar-refractivity contribution in [3.8, 4) is 5.75 Å². The van der Waals surface area contributed by atoms with Crippen molar-refractivity contribution in [1.29, 1.82) is 0 Å². The highest BCUT2D eigenvalue weighted by molar-refractivity contribution is 7.89. The van der Waals surface area contributed by atoms with Gasteiger partial charge in [0.2, 0.25) is 10.0 Å². The molecule has 1 aliphatic heterocycles. The summed E-state index contributed by atoms with van der Waals surface area (Å²) in [5, 5.41) is 0. The molecule has 1 aliphatic rings. The quantitative estimate of drug-likeness (QED) is 0.826. The lowest BCUT2D eigenvalue weighted by atomic mass is 10.2. The third-order valence-corrected chi connectivity index (χ3v) is 4.70. The third-order valence-electron chi connectivity index (χ3n) is 2.82. The number of hydrogen-bond donors (Lipinski definition) is 0. The minimum Gasteiger partial charge on any atom is -0.488 e. The first-order valence-corrected chi connectivity index (χ1v) is 7.61. The molecule has 0 amide bonds. The van der Waals surface area contributed by atoms with E-state index in [2.05, 4.69) is 0 Å². The van der Waals surface area contributed by atoms with Crippen LogP contribution in [0.1, 0.15) is 20.8 Å². The molecule has 0 fully saturated rings. The number of benzene rings is 1. The monoisotopic (exact) mass is 269 g/mol. The Morgan fingerprint density at radius 1 is 1.39 bits per heavy atom. The molecule has 5 heteroatoms. The number of para-hydroxylation sites is 1. The standard InChI is InChI=1S/C13H19NO3S/c1-10(2)8-14-9-11(3)17-12-6-4-5-7-13(12)18(14,15)16/h4-7,10-11H,8-9H2,1-3H3. The zero-order chi connectivity index (χ0) is 13.3. The summed E-state index contributed by atoms with van der Waals surface area (Å²) in [5.41, 5.74) is 0.